The average Bonchev–Trinajstić information content (AvgIpc) is 2.31. The van der Waals surface area contributed by atoms with Crippen molar-refractivity contribution in [2.24, 2.45) is 0 Å². The van der Waals surface area contributed by atoms with E-state index in [0.29, 0.717) is 0 Å². The number of hydrogen-bond acceptors (Lipinski definition) is 5. The van der Waals surface area contributed by atoms with Gasteiger partial charge in [-0.15, -0.1) is 10.2 Å². The normalized spacial score (nSPS) is 11.4. The van der Waals surface area contributed by atoms with E-state index in [4.69, 9.17) is 16.3 Å². The van der Waals surface area contributed by atoms with E-state index in [1.165, 1.54) is 0 Å². The van der Waals surface area contributed by atoms with E-state index in [0.717, 1.165) is 11.3 Å². The summed E-state index contributed by atoms with van der Waals surface area (Å²) < 4.78 is 5.28. The van der Waals surface area contributed by atoms with Crippen molar-refractivity contribution in [1.29, 1.82) is 0 Å². The first kappa shape index (κ1) is 10.4. The van der Waals surface area contributed by atoms with E-state index in [-0.39, 0.29) is 9.47 Å². The fraction of sp³-hybridized carbons (Fsp3) is 0.571. The Bertz CT molecular complexity index is 319. The third-order valence-electron chi connectivity index (χ3n) is 0.974. The van der Waals surface area contributed by atoms with Crippen molar-refractivity contribution in [3.8, 4) is 0 Å². The van der Waals surface area contributed by atoms with Gasteiger partial charge in [0.05, 0.1) is 0 Å². The molecule has 0 unspecified atom stereocenters. The summed E-state index contributed by atoms with van der Waals surface area (Å²) >= 11 is 6.52. The number of nitrogens with zero attached hydrogens (tertiary/aromatic N) is 2. The molecule has 0 amide bonds. The molecule has 1 rings (SSSR count). The van der Waals surface area contributed by atoms with Gasteiger partial charge >= 0.3 is 5.97 Å². The Morgan fingerprint density at radius 3 is 2.46 bits per heavy atom. The molecule has 6 heteroatoms. The van der Waals surface area contributed by atoms with Crippen molar-refractivity contribution in [3.05, 3.63) is 9.47 Å². The number of ether oxygens (including phenoxy) is 1. The topological polar surface area (TPSA) is 52.1 Å². The molecular weight excluding hydrogens is 212 g/mol. The van der Waals surface area contributed by atoms with E-state index in [9.17, 15) is 4.79 Å². The van der Waals surface area contributed by atoms with Crippen LogP contribution in [0.15, 0.2) is 0 Å². The molecule has 0 saturated carbocycles. The second-order valence-corrected chi connectivity index (χ2v) is 4.92. The van der Waals surface area contributed by atoms with Crippen LogP contribution in [0, 0.1) is 0 Å². The van der Waals surface area contributed by atoms with Crippen LogP contribution in [-0.4, -0.2) is 21.8 Å². The zero-order chi connectivity index (χ0) is 10.1. The number of rotatable bonds is 1. The Labute approximate surface area is 84.9 Å². The molecule has 0 radical (unpaired) electrons. The number of aromatic nitrogens is 2. The van der Waals surface area contributed by atoms with Crippen LogP contribution in [0.5, 0.6) is 0 Å². The van der Waals surface area contributed by atoms with Crippen LogP contribution in [0.25, 0.3) is 0 Å². The van der Waals surface area contributed by atoms with Gasteiger partial charge in [-0.2, -0.15) is 0 Å². The molecule has 0 spiro atoms. The first-order chi connectivity index (χ1) is 5.88. The highest BCUT2D eigenvalue weighted by Crippen LogP contribution is 2.18. The molecule has 0 aliphatic carbocycles. The van der Waals surface area contributed by atoms with Crippen molar-refractivity contribution in [2.45, 2.75) is 26.4 Å². The summed E-state index contributed by atoms with van der Waals surface area (Å²) in [6, 6.07) is 0. The lowest BCUT2D eigenvalue weighted by Gasteiger charge is -2.17. The lowest BCUT2D eigenvalue weighted by Crippen LogP contribution is -2.23. The zero-order valence-electron chi connectivity index (χ0n) is 7.50. The fourth-order valence-electron chi connectivity index (χ4n) is 0.610. The molecular formula is C7H9ClN2O2S. The number of carbonyl (C=O) groups excluding carboxylic acids is 1. The molecule has 1 aromatic heterocycles. The van der Waals surface area contributed by atoms with Gasteiger partial charge in [-0.1, -0.05) is 11.3 Å². The fourth-order valence-corrected chi connectivity index (χ4v) is 1.31. The molecule has 13 heavy (non-hydrogen) atoms. The third-order valence-corrected chi connectivity index (χ3v) is 1.97. The largest absolute Gasteiger partial charge is 0.455 e. The monoisotopic (exact) mass is 220 g/mol. The van der Waals surface area contributed by atoms with Gasteiger partial charge in [0.15, 0.2) is 0 Å². The van der Waals surface area contributed by atoms with Crippen LogP contribution in [0.4, 0.5) is 0 Å². The van der Waals surface area contributed by atoms with E-state index in [1.54, 1.807) is 20.8 Å². The SMILES string of the molecule is CC(C)(C)OC(=O)c1nnc(Cl)s1. The molecule has 0 atom stereocenters. The predicted molar refractivity (Wildman–Crippen MR) is 50.1 cm³/mol. The minimum atomic E-state index is -0.519. The lowest BCUT2D eigenvalue weighted by atomic mass is 10.2. The van der Waals surface area contributed by atoms with Gasteiger partial charge in [-0.05, 0) is 32.4 Å². The summed E-state index contributed by atoms with van der Waals surface area (Å²) in [5.74, 6) is -0.489. The number of hydrogen-bond donors (Lipinski definition) is 0. The van der Waals surface area contributed by atoms with Gasteiger partial charge in [0.1, 0.15) is 5.60 Å². The molecule has 0 N–H and O–H groups in total. The first-order valence-electron chi connectivity index (χ1n) is 3.61. The Morgan fingerprint density at radius 1 is 1.46 bits per heavy atom. The molecule has 0 aromatic carbocycles. The standard InChI is InChI=1S/C7H9ClN2O2S/c1-7(2,3)12-5(11)4-9-10-6(8)13-4/h1-3H3. The highest BCUT2D eigenvalue weighted by atomic mass is 35.5. The Hall–Kier alpha value is -0.680. The number of halogens is 1. The average molecular weight is 221 g/mol. The highest BCUT2D eigenvalue weighted by molar-refractivity contribution is 7.17. The van der Waals surface area contributed by atoms with Crippen LogP contribution in [0.1, 0.15) is 30.6 Å². The summed E-state index contributed by atoms with van der Waals surface area (Å²) in [6.45, 7) is 5.36. The Morgan fingerprint density at radius 2 is 2.08 bits per heavy atom. The molecule has 4 nitrogen and oxygen atoms in total. The third kappa shape index (κ3) is 3.28. The van der Waals surface area contributed by atoms with Crippen molar-refractivity contribution >= 4 is 28.9 Å². The van der Waals surface area contributed by atoms with Crippen molar-refractivity contribution < 1.29 is 9.53 Å². The summed E-state index contributed by atoms with van der Waals surface area (Å²) in [5, 5.41) is 7.24. The second-order valence-electron chi connectivity index (χ2n) is 3.36. The summed E-state index contributed by atoms with van der Waals surface area (Å²) in [6.07, 6.45) is 0. The van der Waals surface area contributed by atoms with Crippen LogP contribution < -0.4 is 0 Å². The summed E-state index contributed by atoms with van der Waals surface area (Å²) in [7, 11) is 0. The van der Waals surface area contributed by atoms with Gasteiger partial charge in [-0.3, -0.25) is 0 Å². The van der Waals surface area contributed by atoms with Gasteiger partial charge < -0.3 is 4.74 Å². The number of carbonyl (C=O) groups is 1. The van der Waals surface area contributed by atoms with E-state index >= 15 is 0 Å². The maximum absolute atomic E-state index is 11.3. The lowest BCUT2D eigenvalue weighted by molar-refractivity contribution is 0.00683. The molecule has 1 aromatic rings. The molecule has 72 valence electrons. The minimum Gasteiger partial charge on any atom is -0.455 e. The predicted octanol–water partition coefficient (Wildman–Crippen LogP) is 2.15. The quantitative estimate of drug-likeness (QED) is 0.681. The smallest absolute Gasteiger partial charge is 0.370 e. The Balaban J connectivity index is 2.70. The van der Waals surface area contributed by atoms with Crippen LogP contribution >= 0.6 is 22.9 Å². The number of esters is 1. The van der Waals surface area contributed by atoms with E-state index < -0.39 is 11.6 Å². The second kappa shape index (κ2) is 3.59. The summed E-state index contributed by atoms with van der Waals surface area (Å²) in [4.78, 5) is 11.3. The highest BCUT2D eigenvalue weighted by Gasteiger charge is 2.20. The molecule has 0 bridgehead atoms. The van der Waals surface area contributed by atoms with Crippen LogP contribution in [-0.2, 0) is 4.74 Å². The maximum Gasteiger partial charge on any atom is 0.370 e. The van der Waals surface area contributed by atoms with Crippen LogP contribution in [0.3, 0.4) is 0 Å². The first-order valence-corrected chi connectivity index (χ1v) is 4.80. The zero-order valence-corrected chi connectivity index (χ0v) is 9.07. The molecule has 0 aliphatic heterocycles. The molecule has 0 fully saturated rings. The van der Waals surface area contributed by atoms with Gasteiger partial charge in [-0.25, -0.2) is 4.79 Å². The van der Waals surface area contributed by atoms with Crippen molar-refractivity contribution in [3.63, 3.8) is 0 Å². The van der Waals surface area contributed by atoms with Crippen molar-refractivity contribution in [1.82, 2.24) is 10.2 Å². The van der Waals surface area contributed by atoms with Gasteiger partial charge in [0, 0.05) is 0 Å². The minimum absolute atomic E-state index is 0.180. The summed E-state index contributed by atoms with van der Waals surface area (Å²) in [5.41, 5.74) is -0.519. The molecule has 0 aliphatic rings. The van der Waals surface area contributed by atoms with Gasteiger partial charge in [0.2, 0.25) is 9.47 Å². The van der Waals surface area contributed by atoms with Crippen LogP contribution in [0.2, 0.25) is 4.47 Å². The molecule has 1 heterocycles. The van der Waals surface area contributed by atoms with E-state index in [2.05, 4.69) is 10.2 Å². The Kier molecular flexibility index (Phi) is 2.87. The maximum atomic E-state index is 11.3. The van der Waals surface area contributed by atoms with E-state index in [1.807, 2.05) is 0 Å². The van der Waals surface area contributed by atoms with Gasteiger partial charge in [0.25, 0.3) is 0 Å². The van der Waals surface area contributed by atoms with Crippen molar-refractivity contribution in [2.75, 3.05) is 0 Å². The molecule has 0 saturated heterocycles.